The summed E-state index contributed by atoms with van der Waals surface area (Å²) in [5.74, 6) is 0. The lowest BCUT2D eigenvalue weighted by Gasteiger charge is -2.08. The van der Waals surface area contributed by atoms with Crippen LogP contribution in [0.15, 0.2) is 35.4 Å². The van der Waals surface area contributed by atoms with Gasteiger partial charge >= 0.3 is 0 Å². The van der Waals surface area contributed by atoms with Crippen LogP contribution in [0.1, 0.15) is 6.42 Å². The Morgan fingerprint density at radius 2 is 2.10 bits per heavy atom. The van der Waals surface area contributed by atoms with Gasteiger partial charge in [-0.3, -0.25) is 15.1 Å². The molecule has 0 radical (unpaired) electrons. The number of fused-ring (bicyclic) bond motifs is 1. The van der Waals surface area contributed by atoms with Gasteiger partial charge in [0.1, 0.15) is 4.90 Å². The molecule has 0 spiro atoms. The number of benzene rings is 1. The number of nitrogens with two attached hydrogens (primary N) is 1. The second-order valence-corrected chi connectivity index (χ2v) is 6.01. The number of hydrogen-bond acceptors (Lipinski definition) is 6. The van der Waals surface area contributed by atoms with Gasteiger partial charge in [-0.2, -0.15) is 0 Å². The fourth-order valence-electron chi connectivity index (χ4n) is 1.89. The predicted octanol–water partition coefficient (Wildman–Crippen LogP) is 0.770. The summed E-state index contributed by atoms with van der Waals surface area (Å²) < 4.78 is 26.9. The molecule has 9 heteroatoms. The van der Waals surface area contributed by atoms with Crippen LogP contribution in [0.5, 0.6) is 0 Å². The van der Waals surface area contributed by atoms with Crippen molar-refractivity contribution in [3.05, 3.63) is 40.6 Å². The average molecular weight is 310 g/mol. The highest BCUT2D eigenvalue weighted by Gasteiger charge is 2.22. The van der Waals surface area contributed by atoms with E-state index < -0.39 is 14.9 Å². The van der Waals surface area contributed by atoms with Gasteiger partial charge < -0.3 is 5.73 Å². The van der Waals surface area contributed by atoms with Gasteiger partial charge in [0.15, 0.2) is 0 Å². The van der Waals surface area contributed by atoms with Crippen LogP contribution >= 0.6 is 0 Å². The van der Waals surface area contributed by atoms with E-state index in [-0.39, 0.29) is 28.0 Å². The number of aromatic nitrogens is 1. The highest BCUT2D eigenvalue weighted by Crippen LogP contribution is 2.29. The molecule has 1 aromatic heterocycles. The summed E-state index contributed by atoms with van der Waals surface area (Å²) in [6, 6.07) is 5.35. The van der Waals surface area contributed by atoms with Crippen molar-refractivity contribution in [1.29, 1.82) is 0 Å². The second kappa shape index (κ2) is 6.12. The largest absolute Gasteiger partial charge is 0.330 e. The SMILES string of the molecule is NCCCNS(=O)(=O)c1ccc([N+](=O)[O-])c2cccnc12. The lowest BCUT2D eigenvalue weighted by Crippen LogP contribution is -2.26. The van der Waals surface area contributed by atoms with Crippen molar-refractivity contribution in [3.63, 3.8) is 0 Å². The monoisotopic (exact) mass is 310 g/mol. The van der Waals surface area contributed by atoms with Crippen molar-refractivity contribution in [2.45, 2.75) is 11.3 Å². The first-order chi connectivity index (χ1) is 9.97. The molecule has 3 N–H and O–H groups in total. The van der Waals surface area contributed by atoms with Gasteiger partial charge in [0.05, 0.1) is 15.8 Å². The van der Waals surface area contributed by atoms with Crippen molar-refractivity contribution in [2.24, 2.45) is 5.73 Å². The molecule has 0 unspecified atom stereocenters. The molecule has 0 saturated carbocycles. The third-order valence-corrected chi connectivity index (χ3v) is 4.36. The van der Waals surface area contributed by atoms with E-state index in [0.717, 1.165) is 0 Å². The Balaban J connectivity index is 2.56. The first kappa shape index (κ1) is 15.3. The lowest BCUT2D eigenvalue weighted by atomic mass is 10.2. The zero-order valence-corrected chi connectivity index (χ0v) is 11.8. The summed E-state index contributed by atoms with van der Waals surface area (Å²) in [6.07, 6.45) is 1.89. The number of nitrogens with zero attached hydrogens (tertiary/aromatic N) is 2. The maximum absolute atomic E-state index is 12.2. The molecule has 2 rings (SSSR count). The zero-order valence-electron chi connectivity index (χ0n) is 11.0. The first-order valence-corrected chi connectivity index (χ1v) is 7.67. The summed E-state index contributed by atoms with van der Waals surface area (Å²) in [5.41, 5.74) is 5.21. The molecule has 1 aromatic carbocycles. The molecule has 0 atom stereocenters. The fourth-order valence-corrected chi connectivity index (χ4v) is 3.13. The molecule has 0 amide bonds. The molecule has 0 aliphatic rings. The molecule has 0 saturated heterocycles. The molecule has 0 bridgehead atoms. The number of nitro groups is 1. The van der Waals surface area contributed by atoms with E-state index in [2.05, 4.69) is 9.71 Å². The lowest BCUT2D eigenvalue weighted by molar-refractivity contribution is -0.383. The van der Waals surface area contributed by atoms with E-state index in [0.29, 0.717) is 13.0 Å². The van der Waals surface area contributed by atoms with Gasteiger partial charge in [-0.05, 0) is 31.2 Å². The zero-order chi connectivity index (χ0) is 15.5. The Morgan fingerprint density at radius 1 is 1.33 bits per heavy atom. The third-order valence-electron chi connectivity index (χ3n) is 2.87. The Kier molecular flexibility index (Phi) is 4.46. The maximum atomic E-state index is 12.2. The summed E-state index contributed by atoms with van der Waals surface area (Å²) in [5, 5.41) is 11.2. The number of rotatable bonds is 6. The van der Waals surface area contributed by atoms with Crippen LogP contribution in [-0.4, -0.2) is 31.4 Å². The minimum Gasteiger partial charge on any atom is -0.330 e. The second-order valence-electron chi connectivity index (χ2n) is 4.28. The third kappa shape index (κ3) is 3.15. The Hall–Kier alpha value is -2.10. The van der Waals surface area contributed by atoms with Crippen LogP contribution in [0.2, 0.25) is 0 Å². The molecule has 112 valence electrons. The van der Waals surface area contributed by atoms with Gasteiger partial charge in [0, 0.05) is 18.8 Å². The van der Waals surface area contributed by atoms with Gasteiger partial charge in [-0.1, -0.05) is 0 Å². The summed E-state index contributed by atoms with van der Waals surface area (Å²) >= 11 is 0. The Labute approximate surface area is 121 Å². The van der Waals surface area contributed by atoms with Crippen LogP contribution < -0.4 is 10.5 Å². The average Bonchev–Trinajstić information content (AvgIpc) is 2.46. The van der Waals surface area contributed by atoms with Crippen molar-refractivity contribution in [3.8, 4) is 0 Å². The van der Waals surface area contributed by atoms with Crippen LogP contribution in [-0.2, 0) is 10.0 Å². The smallest absolute Gasteiger partial charge is 0.278 e. The Morgan fingerprint density at radius 3 is 2.76 bits per heavy atom. The number of nitrogens with one attached hydrogen (secondary N) is 1. The number of sulfonamides is 1. The summed E-state index contributed by atoms with van der Waals surface area (Å²) in [7, 11) is -3.79. The number of non-ortho nitro benzene ring substituents is 1. The van der Waals surface area contributed by atoms with Gasteiger partial charge in [-0.15, -0.1) is 0 Å². The van der Waals surface area contributed by atoms with Crippen LogP contribution in [0.25, 0.3) is 10.9 Å². The summed E-state index contributed by atoms with van der Waals surface area (Å²) in [4.78, 5) is 14.3. The normalized spacial score (nSPS) is 11.7. The molecular formula is C12H14N4O4S. The van der Waals surface area contributed by atoms with E-state index in [4.69, 9.17) is 5.73 Å². The van der Waals surface area contributed by atoms with E-state index in [1.165, 1.54) is 30.5 Å². The quantitative estimate of drug-likeness (QED) is 0.460. The van der Waals surface area contributed by atoms with E-state index in [1.807, 2.05) is 0 Å². The van der Waals surface area contributed by atoms with Gasteiger partial charge in [-0.25, -0.2) is 13.1 Å². The van der Waals surface area contributed by atoms with Crippen molar-refractivity contribution in [1.82, 2.24) is 9.71 Å². The molecule has 0 fully saturated rings. The van der Waals surface area contributed by atoms with E-state index in [9.17, 15) is 18.5 Å². The standard InChI is InChI=1S/C12H14N4O4S/c13-6-2-8-15-21(19,20)11-5-4-10(16(17)18)9-3-1-7-14-12(9)11/h1,3-5,7,15H,2,6,8,13H2. The molecule has 8 nitrogen and oxygen atoms in total. The van der Waals surface area contributed by atoms with Crippen molar-refractivity contribution in [2.75, 3.05) is 13.1 Å². The van der Waals surface area contributed by atoms with E-state index >= 15 is 0 Å². The van der Waals surface area contributed by atoms with Crippen molar-refractivity contribution >= 4 is 26.6 Å². The molecule has 21 heavy (non-hydrogen) atoms. The number of pyridine rings is 1. The highest BCUT2D eigenvalue weighted by atomic mass is 32.2. The van der Waals surface area contributed by atoms with Gasteiger partial charge in [0.25, 0.3) is 5.69 Å². The maximum Gasteiger partial charge on any atom is 0.278 e. The molecule has 0 aliphatic heterocycles. The number of hydrogen-bond donors (Lipinski definition) is 2. The minimum absolute atomic E-state index is 0.0759. The Bertz CT molecular complexity index is 776. The van der Waals surface area contributed by atoms with Gasteiger partial charge in [0.2, 0.25) is 10.0 Å². The predicted molar refractivity (Wildman–Crippen MR) is 77.3 cm³/mol. The minimum atomic E-state index is -3.79. The fraction of sp³-hybridized carbons (Fsp3) is 0.250. The molecule has 2 aromatic rings. The van der Waals surface area contributed by atoms with Crippen LogP contribution in [0, 0.1) is 10.1 Å². The van der Waals surface area contributed by atoms with Crippen molar-refractivity contribution < 1.29 is 13.3 Å². The highest BCUT2D eigenvalue weighted by molar-refractivity contribution is 7.89. The first-order valence-electron chi connectivity index (χ1n) is 6.19. The number of nitro benzene ring substituents is 1. The molecule has 0 aliphatic carbocycles. The topological polar surface area (TPSA) is 128 Å². The molecular weight excluding hydrogens is 296 g/mol. The summed E-state index contributed by atoms with van der Waals surface area (Å²) in [6.45, 7) is 0.561. The van der Waals surface area contributed by atoms with Crippen LogP contribution in [0.3, 0.4) is 0 Å². The van der Waals surface area contributed by atoms with Crippen LogP contribution in [0.4, 0.5) is 5.69 Å². The van der Waals surface area contributed by atoms with E-state index in [1.54, 1.807) is 0 Å². The molecule has 1 heterocycles.